The van der Waals surface area contributed by atoms with E-state index in [1.165, 1.54) is 5.56 Å². The first-order chi connectivity index (χ1) is 10.0. The molecule has 112 valence electrons. The number of nitrogens with zero attached hydrogens (tertiary/aromatic N) is 1. The largest absolute Gasteiger partial charge is 0.342 e. The molecule has 0 bridgehead atoms. The third kappa shape index (κ3) is 2.43. The molecule has 2 amide bonds. The first-order valence-electron chi connectivity index (χ1n) is 7.68. The Kier molecular flexibility index (Phi) is 3.47. The first kappa shape index (κ1) is 14.1. The average Bonchev–Trinajstić information content (AvgIpc) is 3.24. The molecular formula is C17H22N2O2. The van der Waals surface area contributed by atoms with Crippen LogP contribution in [0.3, 0.4) is 0 Å². The number of piperazine rings is 1. The van der Waals surface area contributed by atoms with Gasteiger partial charge >= 0.3 is 0 Å². The summed E-state index contributed by atoms with van der Waals surface area (Å²) in [5, 5.41) is 2.85. The van der Waals surface area contributed by atoms with E-state index in [9.17, 15) is 9.59 Å². The second kappa shape index (κ2) is 5.17. The van der Waals surface area contributed by atoms with Crippen LogP contribution in [0.15, 0.2) is 30.3 Å². The van der Waals surface area contributed by atoms with Gasteiger partial charge in [-0.25, -0.2) is 0 Å². The van der Waals surface area contributed by atoms with Crippen molar-refractivity contribution in [3.8, 4) is 0 Å². The maximum absolute atomic E-state index is 12.7. The minimum absolute atomic E-state index is 0.0352. The Morgan fingerprint density at radius 3 is 2.48 bits per heavy atom. The summed E-state index contributed by atoms with van der Waals surface area (Å²) in [7, 11) is 0. The molecule has 3 rings (SSSR count). The van der Waals surface area contributed by atoms with Crippen LogP contribution in [0.2, 0.25) is 0 Å². The van der Waals surface area contributed by atoms with Gasteiger partial charge in [0.25, 0.3) is 0 Å². The average molecular weight is 286 g/mol. The van der Waals surface area contributed by atoms with Crippen LogP contribution in [0.4, 0.5) is 0 Å². The highest BCUT2D eigenvalue weighted by molar-refractivity contribution is 5.97. The molecule has 4 atom stereocenters. The number of amides is 2. The molecule has 1 aromatic rings. The Hall–Kier alpha value is -1.84. The number of benzene rings is 1. The Morgan fingerprint density at radius 2 is 1.86 bits per heavy atom. The van der Waals surface area contributed by atoms with Gasteiger partial charge in [-0.2, -0.15) is 0 Å². The van der Waals surface area contributed by atoms with Crippen molar-refractivity contribution in [3.63, 3.8) is 0 Å². The zero-order chi connectivity index (χ0) is 15.1. The number of carbonyl (C=O) groups excluding carboxylic acids is 2. The molecular weight excluding hydrogens is 264 g/mol. The number of nitrogens with one attached hydrogen (secondary N) is 1. The minimum Gasteiger partial charge on any atom is -0.342 e. The standard InChI is InChI=1S/C17H22N2O2/c1-10(2)15-17(21)19(11(3)16(20)18-15)14-9-13(14)12-7-5-4-6-8-12/h4-8,10-11,13-15H,9H2,1-3H3,(H,18,20). The predicted octanol–water partition coefficient (Wildman–Crippen LogP) is 1.91. The lowest BCUT2D eigenvalue weighted by molar-refractivity contribution is -0.150. The molecule has 4 unspecified atom stereocenters. The fraction of sp³-hybridized carbons (Fsp3) is 0.529. The fourth-order valence-corrected chi connectivity index (χ4v) is 3.26. The molecule has 1 aromatic carbocycles. The van der Waals surface area contributed by atoms with E-state index < -0.39 is 0 Å². The van der Waals surface area contributed by atoms with Gasteiger partial charge in [0.1, 0.15) is 12.1 Å². The molecule has 0 spiro atoms. The van der Waals surface area contributed by atoms with Crippen LogP contribution in [-0.4, -0.2) is 34.8 Å². The monoisotopic (exact) mass is 286 g/mol. The summed E-state index contributed by atoms with van der Waals surface area (Å²) >= 11 is 0. The molecule has 1 saturated carbocycles. The summed E-state index contributed by atoms with van der Waals surface area (Å²) in [4.78, 5) is 26.6. The molecule has 2 fully saturated rings. The molecule has 2 aliphatic rings. The summed E-state index contributed by atoms with van der Waals surface area (Å²) in [6.07, 6.45) is 0.957. The Bertz CT molecular complexity index is 555. The SMILES string of the molecule is CC(C)C1NC(=O)C(C)N(C2CC2c2ccccc2)C1=O. The highest BCUT2D eigenvalue weighted by atomic mass is 16.2. The lowest BCUT2D eigenvalue weighted by Gasteiger charge is -2.39. The summed E-state index contributed by atoms with van der Waals surface area (Å²) in [6, 6.07) is 9.66. The van der Waals surface area contributed by atoms with Crippen molar-refractivity contribution >= 4 is 11.8 Å². The van der Waals surface area contributed by atoms with E-state index in [0.717, 1.165) is 6.42 Å². The lowest BCUT2D eigenvalue weighted by Crippen LogP contribution is -2.64. The maximum atomic E-state index is 12.7. The number of hydrogen-bond acceptors (Lipinski definition) is 2. The van der Waals surface area contributed by atoms with E-state index in [0.29, 0.717) is 5.92 Å². The highest BCUT2D eigenvalue weighted by Gasteiger charge is 2.51. The quantitative estimate of drug-likeness (QED) is 0.923. The van der Waals surface area contributed by atoms with Crippen LogP contribution in [0.5, 0.6) is 0 Å². The van der Waals surface area contributed by atoms with Crippen LogP contribution in [-0.2, 0) is 9.59 Å². The molecule has 1 heterocycles. The predicted molar refractivity (Wildman–Crippen MR) is 80.7 cm³/mol. The van der Waals surface area contributed by atoms with Gasteiger partial charge in [-0.1, -0.05) is 44.2 Å². The Labute approximate surface area is 125 Å². The summed E-state index contributed by atoms with van der Waals surface area (Å²) in [6.45, 7) is 5.77. The molecule has 1 aliphatic heterocycles. The molecule has 1 aliphatic carbocycles. The van der Waals surface area contributed by atoms with Crippen molar-refractivity contribution in [1.29, 1.82) is 0 Å². The second-order valence-corrected chi connectivity index (χ2v) is 6.47. The van der Waals surface area contributed by atoms with Crippen molar-refractivity contribution in [2.75, 3.05) is 0 Å². The maximum Gasteiger partial charge on any atom is 0.246 e. The Morgan fingerprint density at radius 1 is 1.19 bits per heavy atom. The second-order valence-electron chi connectivity index (χ2n) is 6.47. The third-order valence-electron chi connectivity index (χ3n) is 4.62. The first-order valence-corrected chi connectivity index (χ1v) is 7.68. The number of carbonyl (C=O) groups is 2. The van der Waals surface area contributed by atoms with E-state index in [4.69, 9.17) is 0 Å². The van der Waals surface area contributed by atoms with E-state index in [2.05, 4.69) is 17.4 Å². The summed E-state index contributed by atoms with van der Waals surface area (Å²) in [5.74, 6) is 0.522. The minimum atomic E-state index is -0.384. The van der Waals surface area contributed by atoms with Gasteiger partial charge in [-0.05, 0) is 24.8 Å². The molecule has 0 aromatic heterocycles. The topological polar surface area (TPSA) is 49.4 Å². The zero-order valence-electron chi connectivity index (χ0n) is 12.7. The third-order valence-corrected chi connectivity index (χ3v) is 4.62. The van der Waals surface area contributed by atoms with Crippen LogP contribution in [0.25, 0.3) is 0 Å². The van der Waals surface area contributed by atoms with Crippen molar-refractivity contribution in [1.82, 2.24) is 10.2 Å². The molecule has 21 heavy (non-hydrogen) atoms. The van der Waals surface area contributed by atoms with E-state index in [1.807, 2.05) is 43.9 Å². The number of rotatable bonds is 3. The van der Waals surface area contributed by atoms with Crippen molar-refractivity contribution in [3.05, 3.63) is 35.9 Å². The number of hydrogen-bond donors (Lipinski definition) is 1. The highest BCUT2D eigenvalue weighted by Crippen LogP contribution is 2.46. The van der Waals surface area contributed by atoms with Crippen LogP contribution >= 0.6 is 0 Å². The van der Waals surface area contributed by atoms with Crippen LogP contribution < -0.4 is 5.32 Å². The van der Waals surface area contributed by atoms with Crippen molar-refractivity contribution < 1.29 is 9.59 Å². The van der Waals surface area contributed by atoms with E-state index in [-0.39, 0.29) is 35.9 Å². The van der Waals surface area contributed by atoms with Gasteiger partial charge in [0.05, 0.1) is 0 Å². The molecule has 1 saturated heterocycles. The fourth-order valence-electron chi connectivity index (χ4n) is 3.26. The normalized spacial score (nSPS) is 32.3. The van der Waals surface area contributed by atoms with Gasteiger partial charge in [-0.15, -0.1) is 0 Å². The van der Waals surface area contributed by atoms with E-state index >= 15 is 0 Å². The molecule has 0 radical (unpaired) electrons. The van der Waals surface area contributed by atoms with Gasteiger partial charge in [0.2, 0.25) is 11.8 Å². The molecule has 1 N–H and O–H groups in total. The van der Waals surface area contributed by atoms with Crippen LogP contribution in [0, 0.1) is 5.92 Å². The summed E-state index contributed by atoms with van der Waals surface area (Å²) in [5.41, 5.74) is 1.26. The van der Waals surface area contributed by atoms with E-state index in [1.54, 1.807) is 0 Å². The zero-order valence-corrected chi connectivity index (χ0v) is 12.7. The molecule has 4 nitrogen and oxygen atoms in total. The van der Waals surface area contributed by atoms with Gasteiger partial charge in [0.15, 0.2) is 0 Å². The van der Waals surface area contributed by atoms with Gasteiger partial charge < -0.3 is 10.2 Å². The van der Waals surface area contributed by atoms with Crippen molar-refractivity contribution in [2.24, 2.45) is 5.92 Å². The van der Waals surface area contributed by atoms with Gasteiger partial charge in [-0.3, -0.25) is 9.59 Å². The summed E-state index contributed by atoms with van der Waals surface area (Å²) < 4.78 is 0. The smallest absolute Gasteiger partial charge is 0.246 e. The van der Waals surface area contributed by atoms with Crippen molar-refractivity contribution in [2.45, 2.75) is 51.2 Å². The Balaban J connectivity index is 1.81. The molecule has 4 heteroatoms. The van der Waals surface area contributed by atoms with Crippen LogP contribution in [0.1, 0.15) is 38.7 Å². The lowest BCUT2D eigenvalue weighted by atomic mass is 9.98. The van der Waals surface area contributed by atoms with Gasteiger partial charge in [0, 0.05) is 12.0 Å².